The largest absolute Gasteiger partial charge is 1.00 e. The smallest absolute Gasteiger partial charge is 0.832 e. The molecule has 0 spiro atoms. The third-order valence-corrected chi connectivity index (χ3v) is 8.01. The van der Waals surface area contributed by atoms with Gasteiger partial charge in [0.2, 0.25) is 0 Å². The van der Waals surface area contributed by atoms with Crippen molar-refractivity contribution in [2.75, 3.05) is 33.9 Å². The van der Waals surface area contributed by atoms with E-state index in [2.05, 4.69) is 34.6 Å². The van der Waals surface area contributed by atoms with Crippen LogP contribution in [0.25, 0.3) is 0 Å². The fraction of sp³-hybridized carbons (Fsp3) is 1.00. The van der Waals surface area contributed by atoms with Crippen LogP contribution in [0.1, 0.15) is 150 Å². The van der Waals surface area contributed by atoms with Crippen molar-refractivity contribution in [2.45, 2.75) is 150 Å². The third-order valence-electron chi connectivity index (χ3n) is 7.08. The van der Waals surface area contributed by atoms with Gasteiger partial charge in [-0.1, -0.05) is 125 Å². The van der Waals surface area contributed by atoms with E-state index in [1.807, 2.05) is 14.1 Å². The second-order valence-corrected chi connectivity index (χ2v) is 13.1. The monoisotopic (exact) mass is 651 g/mol. The first-order valence-corrected chi connectivity index (χ1v) is 17.9. The van der Waals surface area contributed by atoms with Gasteiger partial charge < -0.3 is 29.0 Å². The predicted molar refractivity (Wildman–Crippen MR) is 167 cm³/mol. The van der Waals surface area contributed by atoms with E-state index in [9.17, 15) is 14.7 Å². The van der Waals surface area contributed by atoms with Gasteiger partial charge in [-0.05, 0) is 37.5 Å². The molecule has 2 unspecified atom stereocenters. The van der Waals surface area contributed by atoms with Crippen LogP contribution < -0.4 is 61.3 Å². The summed E-state index contributed by atoms with van der Waals surface area (Å²) in [5, 5.41) is 32.2. The van der Waals surface area contributed by atoms with Crippen molar-refractivity contribution in [1.29, 1.82) is 0 Å². The van der Waals surface area contributed by atoms with Gasteiger partial charge in [-0.3, -0.25) is 4.57 Å². The van der Waals surface area contributed by atoms with E-state index in [0.717, 1.165) is 64.3 Å². The fourth-order valence-corrected chi connectivity index (χ4v) is 5.07. The first kappa shape index (κ1) is 50.5. The zero-order chi connectivity index (χ0) is 32.0. The second-order valence-electron chi connectivity index (χ2n) is 11.7. The number of hydrogen-bond donors (Lipinski definition) is 3. The standard InChI is InChI=1S/C16H35O4P.C14H32NO.BH2O3.K/c1-5-9-11-15(7-3)13-19-21(17,18)20-14-16(8-4)12-10-6-2;1-4-5-6-7-8-9-10-11-12-13-14-15(2,3)16;2-1(3)4;/h15-16H,5-14H2,1-4H3,(H,17,18);16H,4-14H2,1-3H3;2-3H;/q;+1;-1;+1/p-1. The molecule has 0 aliphatic carbocycles. The normalized spacial score (nSPS) is 13.9. The van der Waals surface area contributed by atoms with Gasteiger partial charge in [-0.2, -0.15) is 4.65 Å². The van der Waals surface area contributed by atoms with Gasteiger partial charge in [0.1, 0.15) is 6.54 Å². The Bertz CT molecular complexity index is 547. The molecular weight excluding hydrogens is 583 g/mol. The van der Waals surface area contributed by atoms with E-state index in [4.69, 9.17) is 24.1 Å². The van der Waals surface area contributed by atoms with Crippen LogP contribution in [0.2, 0.25) is 0 Å². The van der Waals surface area contributed by atoms with Gasteiger partial charge in [0.05, 0.1) is 27.3 Å². The zero-order valence-electron chi connectivity index (χ0n) is 28.9. The molecule has 0 radical (unpaired) electrons. The Morgan fingerprint density at radius 2 is 1.00 bits per heavy atom. The van der Waals surface area contributed by atoms with Crippen LogP contribution >= 0.6 is 7.82 Å². The SMILES string of the molecule is CCCCC(CC)COP(=O)([O-])OCC(CC)CCCC.CCCCCCCCCCCC[N+](C)(C)O.[K+].[O-]B(O)O. The van der Waals surface area contributed by atoms with Crippen LogP contribution in [-0.2, 0) is 13.6 Å². The molecule has 2 atom stereocenters. The molecule has 9 nitrogen and oxygen atoms in total. The molecule has 0 aromatic carbocycles. The van der Waals surface area contributed by atoms with Gasteiger partial charge in [-0.15, -0.1) is 0 Å². The number of quaternary nitrogens is 1. The number of unbranched alkanes of at least 4 members (excludes halogenated alkanes) is 11. The number of phosphoric ester groups is 1. The van der Waals surface area contributed by atoms with E-state index in [-0.39, 0.29) is 69.2 Å². The van der Waals surface area contributed by atoms with Crippen LogP contribution in [0.3, 0.4) is 0 Å². The second kappa shape index (κ2) is 35.5. The summed E-state index contributed by atoms with van der Waals surface area (Å²) in [6, 6.07) is 0. The first-order valence-electron chi connectivity index (χ1n) is 16.5. The molecule has 0 aromatic rings. The number of phosphoric acid groups is 1. The Labute approximate surface area is 303 Å². The summed E-state index contributed by atoms with van der Waals surface area (Å²) in [7, 11) is -2.88. The molecule has 3 N–H and O–H groups in total. The maximum absolute atomic E-state index is 11.8. The zero-order valence-corrected chi connectivity index (χ0v) is 32.9. The molecule has 0 saturated heterocycles. The predicted octanol–water partition coefficient (Wildman–Crippen LogP) is 3.61. The minimum Gasteiger partial charge on any atom is -0.832 e. The molecular formula is C30H68BKNO8P. The van der Waals surface area contributed by atoms with Crippen LogP contribution in [0, 0.1) is 11.8 Å². The third kappa shape index (κ3) is 46.0. The quantitative estimate of drug-likeness (QED) is 0.0447. The van der Waals surface area contributed by atoms with Crippen molar-refractivity contribution < 1.29 is 94.8 Å². The van der Waals surface area contributed by atoms with Crippen LogP contribution in [0.4, 0.5) is 0 Å². The van der Waals surface area contributed by atoms with Crippen LogP contribution in [0.15, 0.2) is 0 Å². The van der Waals surface area contributed by atoms with Crippen molar-refractivity contribution in [3.05, 3.63) is 0 Å². The molecule has 12 heteroatoms. The van der Waals surface area contributed by atoms with Crippen molar-refractivity contribution >= 4 is 15.1 Å². The molecule has 0 aliphatic rings. The maximum atomic E-state index is 11.8. The molecule has 0 aliphatic heterocycles. The molecule has 0 rings (SSSR count). The summed E-state index contributed by atoms with van der Waals surface area (Å²) < 4.78 is 22.0. The van der Waals surface area contributed by atoms with E-state index in [0.29, 0.717) is 11.8 Å². The van der Waals surface area contributed by atoms with Crippen molar-refractivity contribution in [1.82, 2.24) is 0 Å². The Morgan fingerprint density at radius 3 is 1.29 bits per heavy atom. The molecule has 0 amide bonds. The Kier molecular flexibility index (Phi) is 42.6. The Morgan fingerprint density at radius 1 is 0.690 bits per heavy atom. The van der Waals surface area contributed by atoms with Crippen LogP contribution in [-0.4, -0.2) is 61.1 Å². The van der Waals surface area contributed by atoms with Crippen molar-refractivity contribution in [3.8, 4) is 0 Å². The molecule has 0 fully saturated rings. The molecule has 0 saturated carbocycles. The van der Waals surface area contributed by atoms with E-state index >= 15 is 0 Å². The summed E-state index contributed by atoms with van der Waals surface area (Å²) >= 11 is 0. The molecule has 0 heterocycles. The fourth-order valence-electron chi connectivity index (χ4n) is 4.21. The summed E-state index contributed by atoms with van der Waals surface area (Å²) in [5.41, 5.74) is 0. The number of nitrogens with zero attached hydrogens (tertiary/aromatic N) is 1. The van der Waals surface area contributed by atoms with Gasteiger partial charge in [0.25, 0.3) is 7.82 Å². The minimum atomic E-state index is -4.14. The average Bonchev–Trinajstić information content (AvgIpc) is 2.89. The maximum Gasteiger partial charge on any atom is 1.00 e. The van der Waals surface area contributed by atoms with E-state index < -0.39 is 15.1 Å². The number of hydrogen-bond acceptors (Lipinski definition) is 8. The summed E-state index contributed by atoms with van der Waals surface area (Å²) in [5.74, 6) is 0.607. The summed E-state index contributed by atoms with van der Waals surface area (Å²) in [6.45, 7) is 12.1. The van der Waals surface area contributed by atoms with Gasteiger partial charge in [-0.25, -0.2) is 5.21 Å². The van der Waals surface area contributed by atoms with Crippen LogP contribution in [0.5, 0.6) is 0 Å². The Hall–Kier alpha value is 1.61. The number of hydroxylamine groups is 3. The topological polar surface area (TPSA) is 142 Å². The minimum absolute atomic E-state index is 0. The van der Waals surface area contributed by atoms with E-state index in [1.165, 1.54) is 57.8 Å². The van der Waals surface area contributed by atoms with Crippen molar-refractivity contribution in [2.24, 2.45) is 11.8 Å². The molecule has 0 bridgehead atoms. The Balaban J connectivity index is -0.000000306. The van der Waals surface area contributed by atoms with Crippen molar-refractivity contribution in [3.63, 3.8) is 0 Å². The number of rotatable bonds is 25. The molecule has 42 heavy (non-hydrogen) atoms. The summed E-state index contributed by atoms with van der Waals surface area (Å²) in [4.78, 5) is 11.8. The van der Waals surface area contributed by atoms with Gasteiger partial charge in [0, 0.05) is 0 Å². The average molecular weight is 652 g/mol. The van der Waals surface area contributed by atoms with E-state index in [1.54, 1.807) is 0 Å². The van der Waals surface area contributed by atoms with Gasteiger partial charge in [0.15, 0.2) is 0 Å². The summed E-state index contributed by atoms with van der Waals surface area (Å²) in [6.07, 6.45) is 21.9. The molecule has 250 valence electrons. The first-order chi connectivity index (χ1) is 19.3. The van der Waals surface area contributed by atoms with Gasteiger partial charge >= 0.3 is 58.7 Å². The molecule has 0 aromatic heterocycles.